The highest BCUT2D eigenvalue weighted by Gasteiger charge is 2.10. The lowest BCUT2D eigenvalue weighted by atomic mass is 10.1. The molecule has 0 aliphatic rings. The summed E-state index contributed by atoms with van der Waals surface area (Å²) in [6, 6.07) is 9.74. The molecule has 0 aliphatic heterocycles. The topological polar surface area (TPSA) is 90.9 Å². The molecule has 0 atom stereocenters. The number of phenols is 3. The summed E-state index contributed by atoms with van der Waals surface area (Å²) in [5, 5.41) is 28.2. The van der Waals surface area contributed by atoms with Crippen LogP contribution < -0.4 is 5.63 Å². The number of hydrogen-bond donors (Lipinski definition) is 3. The van der Waals surface area contributed by atoms with Crippen molar-refractivity contribution in [3.05, 3.63) is 63.5 Å². The van der Waals surface area contributed by atoms with Crippen LogP contribution >= 0.6 is 11.6 Å². The van der Waals surface area contributed by atoms with Gasteiger partial charge in [-0.05, 0) is 36.6 Å². The van der Waals surface area contributed by atoms with Crippen molar-refractivity contribution in [3.63, 3.8) is 0 Å². The number of aromatic hydroxyl groups is 3. The van der Waals surface area contributed by atoms with Crippen molar-refractivity contribution < 1.29 is 19.7 Å². The first-order valence-corrected chi connectivity index (χ1v) is 7.67. The van der Waals surface area contributed by atoms with E-state index in [0.717, 1.165) is 0 Å². The van der Waals surface area contributed by atoms with E-state index in [-0.39, 0.29) is 28.7 Å². The molecule has 0 bridgehead atoms. The van der Waals surface area contributed by atoms with Crippen molar-refractivity contribution in [2.24, 2.45) is 0 Å². The largest absolute Gasteiger partial charge is 0.504 e. The Morgan fingerprint density at radius 1 is 1.00 bits per heavy atom. The molecule has 126 valence electrons. The fraction of sp³-hybridized carbons (Fsp3) is 0.167. The molecule has 0 saturated carbocycles. The second kappa shape index (κ2) is 7.27. The smallest absolute Gasteiger partial charge is 0.336 e. The summed E-state index contributed by atoms with van der Waals surface area (Å²) in [5.41, 5.74) is 1.72. The third-order valence-corrected chi connectivity index (χ3v) is 3.82. The molecular formula is C18H17ClO5. The van der Waals surface area contributed by atoms with E-state index in [2.05, 4.69) is 0 Å². The number of alkyl halides is 1. The van der Waals surface area contributed by atoms with Crippen LogP contribution in [0.3, 0.4) is 0 Å². The van der Waals surface area contributed by atoms with E-state index in [0.29, 0.717) is 22.1 Å². The van der Waals surface area contributed by atoms with E-state index in [4.69, 9.17) is 26.2 Å². The van der Waals surface area contributed by atoms with Crippen molar-refractivity contribution in [2.75, 3.05) is 0 Å². The summed E-state index contributed by atoms with van der Waals surface area (Å²) in [7, 11) is 0. The molecule has 0 fully saturated rings. The van der Waals surface area contributed by atoms with Gasteiger partial charge in [-0.2, -0.15) is 0 Å². The van der Waals surface area contributed by atoms with Gasteiger partial charge in [-0.1, -0.05) is 24.3 Å². The number of fused-ring (bicyclic) bond motifs is 1. The Balaban J connectivity index is 0.000000198. The monoisotopic (exact) mass is 348 g/mol. The second-order valence-corrected chi connectivity index (χ2v) is 5.54. The van der Waals surface area contributed by atoms with Crippen molar-refractivity contribution in [1.82, 2.24) is 0 Å². The summed E-state index contributed by atoms with van der Waals surface area (Å²) >= 11 is 5.71. The van der Waals surface area contributed by atoms with Gasteiger partial charge in [0, 0.05) is 17.3 Å². The van der Waals surface area contributed by atoms with Gasteiger partial charge in [0.05, 0.1) is 0 Å². The molecule has 0 amide bonds. The molecule has 0 aliphatic carbocycles. The van der Waals surface area contributed by atoms with Crippen LogP contribution in [-0.4, -0.2) is 15.3 Å². The number of aryl methyl sites for hydroxylation is 2. The number of halogens is 1. The minimum atomic E-state index is -0.501. The van der Waals surface area contributed by atoms with Crippen LogP contribution in [0.1, 0.15) is 16.7 Å². The van der Waals surface area contributed by atoms with Crippen molar-refractivity contribution >= 4 is 22.6 Å². The molecule has 3 rings (SSSR count). The Labute approximate surface area is 143 Å². The fourth-order valence-electron chi connectivity index (χ4n) is 2.13. The van der Waals surface area contributed by atoms with Crippen molar-refractivity contribution in [1.29, 1.82) is 0 Å². The molecule has 3 N–H and O–H groups in total. The summed E-state index contributed by atoms with van der Waals surface area (Å²) in [6.07, 6.45) is 0. The van der Waals surface area contributed by atoms with Crippen LogP contribution in [0.4, 0.5) is 0 Å². The SMILES string of the molecule is Cc1ccc2c(CCl)cc(=O)oc2c1O.Cc1cccc(O)c1O. The minimum absolute atomic E-state index is 0.00318. The van der Waals surface area contributed by atoms with Gasteiger partial charge in [0.15, 0.2) is 22.8 Å². The van der Waals surface area contributed by atoms with E-state index in [1.54, 1.807) is 38.1 Å². The zero-order valence-corrected chi connectivity index (χ0v) is 14.0. The number of benzene rings is 2. The van der Waals surface area contributed by atoms with Crippen LogP contribution in [0.15, 0.2) is 45.6 Å². The number of rotatable bonds is 1. The van der Waals surface area contributed by atoms with E-state index in [9.17, 15) is 9.90 Å². The van der Waals surface area contributed by atoms with Gasteiger partial charge >= 0.3 is 5.63 Å². The number of para-hydroxylation sites is 1. The predicted octanol–water partition coefficient (Wildman–Crippen LogP) is 3.95. The average molecular weight is 349 g/mol. The molecule has 6 heteroatoms. The zero-order chi connectivity index (χ0) is 17.9. The molecule has 0 saturated heterocycles. The van der Waals surface area contributed by atoms with Gasteiger partial charge in [-0.15, -0.1) is 11.6 Å². The van der Waals surface area contributed by atoms with Crippen molar-refractivity contribution in [2.45, 2.75) is 19.7 Å². The third kappa shape index (κ3) is 3.63. The summed E-state index contributed by atoms with van der Waals surface area (Å²) in [6.45, 7) is 3.47. The highest BCUT2D eigenvalue weighted by atomic mass is 35.5. The van der Waals surface area contributed by atoms with E-state index in [1.165, 1.54) is 12.1 Å². The molecule has 0 radical (unpaired) electrons. The maximum Gasteiger partial charge on any atom is 0.336 e. The highest BCUT2D eigenvalue weighted by Crippen LogP contribution is 2.29. The molecule has 1 heterocycles. The molecule has 24 heavy (non-hydrogen) atoms. The maximum atomic E-state index is 11.2. The zero-order valence-electron chi connectivity index (χ0n) is 13.2. The lowest BCUT2D eigenvalue weighted by molar-refractivity contribution is 0.401. The number of phenolic OH excluding ortho intramolecular Hbond substituents is 3. The summed E-state index contributed by atoms with van der Waals surface area (Å²) in [5.74, 6) is 0.119. The number of hydrogen-bond acceptors (Lipinski definition) is 5. The standard InChI is InChI=1S/C11H9ClO3.C7H8O2/c1-6-2-3-8-7(5-12)4-9(13)15-11(8)10(6)14;1-5-3-2-4-6(8)7(5)9/h2-4,14H,5H2,1H3;2-4,8-9H,1H3. The lowest BCUT2D eigenvalue weighted by Crippen LogP contribution is -1.99. The van der Waals surface area contributed by atoms with Gasteiger partial charge in [-0.25, -0.2) is 4.79 Å². The average Bonchev–Trinajstić information content (AvgIpc) is 2.56. The van der Waals surface area contributed by atoms with E-state index in [1.807, 2.05) is 0 Å². The van der Waals surface area contributed by atoms with Crippen LogP contribution in [0.2, 0.25) is 0 Å². The summed E-state index contributed by atoms with van der Waals surface area (Å²) in [4.78, 5) is 11.2. The molecule has 5 nitrogen and oxygen atoms in total. The van der Waals surface area contributed by atoms with Gasteiger partial charge in [0.1, 0.15) is 0 Å². The predicted molar refractivity (Wildman–Crippen MR) is 93.0 cm³/mol. The quantitative estimate of drug-likeness (QED) is 0.352. The van der Waals surface area contributed by atoms with Crippen LogP contribution in [-0.2, 0) is 5.88 Å². The molecular weight excluding hydrogens is 332 g/mol. The Kier molecular flexibility index (Phi) is 5.36. The summed E-state index contributed by atoms with van der Waals surface area (Å²) < 4.78 is 4.95. The molecule has 0 spiro atoms. The van der Waals surface area contributed by atoms with E-state index < -0.39 is 5.63 Å². The van der Waals surface area contributed by atoms with Crippen LogP contribution in [0.25, 0.3) is 11.0 Å². The van der Waals surface area contributed by atoms with E-state index >= 15 is 0 Å². The Hall–Kier alpha value is -2.66. The lowest BCUT2D eigenvalue weighted by Gasteiger charge is -2.05. The third-order valence-electron chi connectivity index (χ3n) is 3.53. The van der Waals surface area contributed by atoms with Crippen LogP contribution in [0.5, 0.6) is 17.2 Å². The molecule has 3 aromatic rings. The van der Waals surface area contributed by atoms with Gasteiger partial charge < -0.3 is 19.7 Å². The maximum absolute atomic E-state index is 11.2. The normalized spacial score (nSPS) is 10.3. The Morgan fingerprint density at radius 2 is 1.67 bits per heavy atom. The van der Waals surface area contributed by atoms with Gasteiger partial charge in [0.25, 0.3) is 0 Å². The van der Waals surface area contributed by atoms with Crippen molar-refractivity contribution in [3.8, 4) is 17.2 Å². The first-order chi connectivity index (χ1) is 11.3. The minimum Gasteiger partial charge on any atom is -0.504 e. The first-order valence-electron chi connectivity index (χ1n) is 7.14. The highest BCUT2D eigenvalue weighted by molar-refractivity contribution is 6.18. The van der Waals surface area contributed by atoms with Gasteiger partial charge in [-0.3, -0.25) is 0 Å². The Bertz CT molecular complexity index is 910. The Morgan fingerprint density at radius 3 is 2.25 bits per heavy atom. The molecule has 0 unspecified atom stereocenters. The van der Waals surface area contributed by atoms with Crippen LogP contribution in [0, 0.1) is 13.8 Å². The molecule has 1 aromatic heterocycles. The van der Waals surface area contributed by atoms with Gasteiger partial charge in [0.2, 0.25) is 0 Å². The second-order valence-electron chi connectivity index (χ2n) is 5.27. The fourth-order valence-corrected chi connectivity index (χ4v) is 2.35. The molecule has 2 aromatic carbocycles. The first kappa shape index (κ1) is 17.7.